The maximum absolute atomic E-state index is 14.0. The molecule has 2 aromatic carbocycles. The van der Waals surface area contributed by atoms with Crippen molar-refractivity contribution in [2.24, 2.45) is 0 Å². The van der Waals surface area contributed by atoms with Crippen molar-refractivity contribution in [1.29, 1.82) is 0 Å². The Morgan fingerprint density at radius 1 is 0.909 bits per heavy atom. The van der Waals surface area contributed by atoms with Gasteiger partial charge in [-0.15, -0.1) is 3.89 Å². The van der Waals surface area contributed by atoms with E-state index in [1.165, 1.54) is 16.8 Å². The number of ether oxygens (including phenoxy) is 2. The lowest BCUT2D eigenvalue weighted by molar-refractivity contribution is 0.0139. The number of nitrogens with zero attached hydrogens (tertiary/aromatic N) is 6. The molecule has 1 N–H and O–H groups in total. The lowest BCUT2D eigenvalue weighted by Gasteiger charge is -2.35. The monoisotopic (exact) mass is 773 g/mol. The minimum atomic E-state index is -0.714. The molecule has 4 heterocycles. The zero-order chi connectivity index (χ0) is 39.9. The van der Waals surface area contributed by atoms with Gasteiger partial charge < -0.3 is 19.7 Å². The summed E-state index contributed by atoms with van der Waals surface area (Å²) in [5.74, 6) is -0.578. The highest BCUT2D eigenvalue weighted by atomic mass is 32.2. The molecule has 1 fully saturated rings. The molecule has 0 spiro atoms. The molecule has 0 saturated carbocycles. The number of nitrogens with one attached hydrogen (secondary N) is 1. The van der Waals surface area contributed by atoms with E-state index in [4.69, 9.17) is 9.47 Å². The molecule has 0 aliphatic carbocycles. The number of amides is 2. The van der Waals surface area contributed by atoms with Crippen LogP contribution in [-0.2, 0) is 27.4 Å². The van der Waals surface area contributed by atoms with Crippen LogP contribution in [0.1, 0.15) is 63.0 Å². The van der Waals surface area contributed by atoms with Gasteiger partial charge in [0, 0.05) is 57.6 Å². The molecule has 55 heavy (non-hydrogen) atoms. The number of halogens is 1. The van der Waals surface area contributed by atoms with Gasteiger partial charge in [-0.3, -0.25) is 28.5 Å². The number of anilines is 1. The summed E-state index contributed by atoms with van der Waals surface area (Å²) in [6.45, 7) is 15.1. The largest absolute Gasteiger partial charge is 0.444 e. The van der Waals surface area contributed by atoms with Crippen LogP contribution in [0.25, 0.3) is 22.2 Å². The average molecular weight is 774 g/mol. The number of hydrogen-bond acceptors (Lipinski definition) is 9. The highest BCUT2D eigenvalue weighted by Gasteiger charge is 2.26. The number of pyridine rings is 1. The van der Waals surface area contributed by atoms with Crippen LogP contribution in [0.5, 0.6) is 0 Å². The van der Waals surface area contributed by atoms with Crippen LogP contribution in [-0.4, -0.2) is 91.0 Å². The molecule has 2 amide bonds. The summed E-state index contributed by atoms with van der Waals surface area (Å²) in [6, 6.07) is 18.4. The fourth-order valence-corrected chi connectivity index (χ4v) is 6.10. The molecule has 15 heteroatoms. The van der Waals surface area contributed by atoms with E-state index in [1.807, 2.05) is 84.0 Å². The van der Waals surface area contributed by atoms with Crippen LogP contribution in [0.15, 0.2) is 84.0 Å². The average Bonchev–Trinajstić information content (AvgIpc) is 3.74. The molecule has 0 bridgehead atoms. The molecule has 1 aliphatic rings. The van der Waals surface area contributed by atoms with Gasteiger partial charge in [0.2, 0.25) is 6.41 Å². The molecule has 0 unspecified atom stereocenters. The van der Waals surface area contributed by atoms with E-state index in [0.717, 1.165) is 21.3 Å². The van der Waals surface area contributed by atoms with E-state index in [0.29, 0.717) is 62.3 Å². The van der Waals surface area contributed by atoms with Crippen molar-refractivity contribution in [2.45, 2.75) is 65.8 Å². The number of aromatic nitrogens is 4. The van der Waals surface area contributed by atoms with Crippen LogP contribution in [0.2, 0.25) is 0 Å². The Balaban J connectivity index is 0.000000895. The van der Waals surface area contributed by atoms with E-state index in [-0.39, 0.29) is 40.8 Å². The minimum Gasteiger partial charge on any atom is -0.444 e. The topological polar surface area (TPSA) is 133 Å². The Labute approximate surface area is 324 Å². The normalized spacial score (nSPS) is 13.6. The van der Waals surface area contributed by atoms with Crippen molar-refractivity contribution in [3.63, 3.8) is 0 Å². The van der Waals surface area contributed by atoms with Crippen molar-refractivity contribution in [2.75, 3.05) is 38.6 Å². The third-order valence-electron chi connectivity index (χ3n) is 8.73. The number of carbonyl (C=O) groups is 3. The van der Waals surface area contributed by atoms with Gasteiger partial charge >= 0.3 is 6.09 Å². The molecule has 1 aliphatic heterocycles. The number of piperazine rings is 1. The van der Waals surface area contributed by atoms with Gasteiger partial charge in [-0.2, -0.15) is 5.10 Å². The van der Waals surface area contributed by atoms with Crippen LogP contribution in [0.4, 0.5) is 14.4 Å². The predicted octanol–water partition coefficient (Wildman–Crippen LogP) is 6.87. The summed E-state index contributed by atoms with van der Waals surface area (Å²) >= 11 is -0.334. The molecular formula is C40H48FN7O6S. The van der Waals surface area contributed by atoms with Crippen molar-refractivity contribution in [3.05, 3.63) is 106 Å². The van der Waals surface area contributed by atoms with E-state index in [9.17, 15) is 23.1 Å². The third kappa shape index (κ3) is 10.9. The summed E-state index contributed by atoms with van der Waals surface area (Å²) < 4.78 is 28.1. The lowest BCUT2D eigenvalue weighted by Crippen LogP contribution is -2.49. The summed E-state index contributed by atoms with van der Waals surface area (Å²) in [6.07, 6.45) is 4.57. The fraction of sp³-hybridized carbons (Fsp3) is 0.375. The number of carbonyl (C=O) groups excluding carboxylic acids is 3. The zero-order valence-electron chi connectivity index (χ0n) is 32.2. The Hall–Kier alpha value is -5.25. The minimum absolute atomic E-state index is 0.0133. The number of fused-ring (bicyclic) bond motifs is 1. The van der Waals surface area contributed by atoms with E-state index in [2.05, 4.69) is 15.3 Å². The van der Waals surface area contributed by atoms with Crippen LogP contribution in [0.3, 0.4) is 0 Å². The Kier molecular flexibility index (Phi) is 13.0. The first-order chi connectivity index (χ1) is 26.1. The van der Waals surface area contributed by atoms with Crippen molar-refractivity contribution in [1.82, 2.24) is 28.1 Å². The van der Waals surface area contributed by atoms with E-state index < -0.39 is 17.1 Å². The summed E-state index contributed by atoms with van der Waals surface area (Å²) in [5.41, 5.74) is 2.00. The molecule has 1 saturated heterocycles. The van der Waals surface area contributed by atoms with Gasteiger partial charge in [0.05, 0.1) is 46.4 Å². The van der Waals surface area contributed by atoms with Crippen LogP contribution >= 0.6 is 12.3 Å². The Morgan fingerprint density at radius 3 is 2.22 bits per heavy atom. The van der Waals surface area contributed by atoms with Crippen LogP contribution in [0, 0.1) is 0 Å². The van der Waals surface area contributed by atoms with Gasteiger partial charge in [0.15, 0.2) is 12.3 Å². The lowest BCUT2D eigenvalue weighted by atomic mass is 10.1. The number of benzene rings is 2. The van der Waals surface area contributed by atoms with Crippen molar-refractivity contribution >= 4 is 47.3 Å². The smallest absolute Gasteiger partial charge is 0.410 e. The fourth-order valence-electron chi connectivity index (χ4n) is 5.78. The maximum atomic E-state index is 14.0. The molecule has 6 rings (SSSR count). The highest BCUT2D eigenvalue weighted by Crippen LogP contribution is 2.28. The quantitative estimate of drug-likeness (QED) is 0.159. The predicted molar refractivity (Wildman–Crippen MR) is 213 cm³/mol. The molecule has 3 aromatic heterocycles. The first-order valence-electron chi connectivity index (χ1n) is 17.9. The number of rotatable bonds is 9. The standard InChI is InChI=1S/C35H36FN7O5S.C5H12O/c1-35(2,3)48-34(47)40-13-11-39(12-14-40)19-25-9-10-30-26(15-25)17-31(42(30)23-44)29-16-27(21-43(49-36)33(29)46)32(45)38-28-18-37-41(22-28)20-24-7-5-4-6-8-24;1-5(2,3)6-4/h4-10,15-18,21-23H,11-14,19-20H2,1-3H3,(H,38,45);1-4H3. The Bertz CT molecular complexity index is 2180. The van der Waals surface area contributed by atoms with E-state index >= 15 is 0 Å². The zero-order valence-corrected chi connectivity index (χ0v) is 33.1. The molecular weight excluding hydrogens is 726 g/mol. The molecule has 0 atom stereocenters. The second kappa shape index (κ2) is 17.5. The number of hydrogen-bond donors (Lipinski definition) is 1. The van der Waals surface area contributed by atoms with Gasteiger partial charge in [0.1, 0.15) is 5.60 Å². The molecule has 13 nitrogen and oxygen atoms in total. The molecule has 0 radical (unpaired) electrons. The van der Waals surface area contributed by atoms with Crippen molar-refractivity contribution in [3.8, 4) is 11.3 Å². The van der Waals surface area contributed by atoms with Crippen molar-refractivity contribution < 1.29 is 27.7 Å². The third-order valence-corrected chi connectivity index (χ3v) is 9.15. The van der Waals surface area contributed by atoms with Gasteiger partial charge in [0.25, 0.3) is 11.5 Å². The maximum Gasteiger partial charge on any atom is 0.410 e. The second-order valence-corrected chi connectivity index (χ2v) is 15.7. The van der Waals surface area contributed by atoms with E-state index in [1.54, 1.807) is 35.0 Å². The summed E-state index contributed by atoms with van der Waals surface area (Å²) in [4.78, 5) is 55.4. The molecule has 292 valence electrons. The van der Waals surface area contributed by atoms with Gasteiger partial charge in [-0.25, -0.2) is 8.77 Å². The summed E-state index contributed by atoms with van der Waals surface area (Å²) in [5, 5.41) is 7.76. The second-order valence-electron chi connectivity index (χ2n) is 15.2. The van der Waals surface area contributed by atoms with Gasteiger partial charge in [-0.05, 0) is 76.9 Å². The first-order valence-corrected chi connectivity index (χ1v) is 18.5. The SMILES string of the molecule is CC(C)(C)OC(=O)N1CCN(Cc2ccc3c(c2)cc(-c2cc(C(=O)Nc4cnn(Cc5ccccc5)c4)cn(SF)c2=O)n3C=O)CC1.COC(C)(C)C. The Morgan fingerprint density at radius 2 is 1.60 bits per heavy atom. The van der Waals surface area contributed by atoms with Gasteiger partial charge in [-0.1, -0.05) is 36.4 Å². The first kappa shape index (κ1) is 40.9. The van der Waals surface area contributed by atoms with Crippen LogP contribution < -0.4 is 10.9 Å². The summed E-state index contributed by atoms with van der Waals surface area (Å²) in [7, 11) is 1.71. The number of methoxy groups -OCH3 is 1. The molecule has 5 aromatic rings. The highest BCUT2D eigenvalue weighted by molar-refractivity contribution is 7.92.